The Balaban J connectivity index is 2.50. The summed E-state index contributed by atoms with van der Waals surface area (Å²) in [5.41, 5.74) is -0.184. The van der Waals surface area contributed by atoms with E-state index in [1.54, 1.807) is 6.07 Å². The van der Waals surface area contributed by atoms with E-state index >= 15 is 0 Å². The molecule has 1 aromatic rings. The highest BCUT2D eigenvalue weighted by atomic mass is 19.1. The second-order valence-electron chi connectivity index (χ2n) is 3.91. The molecule has 0 fully saturated rings. The minimum absolute atomic E-state index is 0.0250. The molecule has 0 aromatic heterocycles. The predicted octanol–water partition coefficient (Wildman–Crippen LogP) is 1.45. The highest BCUT2D eigenvalue weighted by molar-refractivity contribution is 5.75. The van der Waals surface area contributed by atoms with Crippen LogP contribution in [0.3, 0.4) is 0 Å². The molecule has 0 atom stereocenters. The van der Waals surface area contributed by atoms with Gasteiger partial charge in [-0.2, -0.15) is 5.26 Å². The van der Waals surface area contributed by atoms with E-state index in [2.05, 4.69) is 10.6 Å². The van der Waals surface area contributed by atoms with E-state index in [9.17, 15) is 13.6 Å². The lowest BCUT2D eigenvalue weighted by Crippen LogP contribution is -2.27. The fourth-order valence-electron chi connectivity index (χ4n) is 1.54. The predicted molar refractivity (Wildman–Crippen MR) is 66.1 cm³/mol. The maximum Gasteiger partial charge on any atom is 0.221 e. The van der Waals surface area contributed by atoms with Crippen LogP contribution in [0, 0.1) is 23.0 Å². The average Bonchev–Trinajstić information content (AvgIpc) is 2.37. The van der Waals surface area contributed by atoms with E-state index in [4.69, 9.17) is 5.26 Å². The Morgan fingerprint density at radius 3 is 2.53 bits per heavy atom. The van der Waals surface area contributed by atoms with Crippen LogP contribution >= 0.6 is 0 Å². The molecule has 2 N–H and O–H groups in total. The third-order valence-corrected chi connectivity index (χ3v) is 2.47. The maximum absolute atomic E-state index is 13.5. The van der Waals surface area contributed by atoms with E-state index in [1.807, 2.05) is 6.92 Å². The van der Waals surface area contributed by atoms with Crippen LogP contribution in [0.4, 0.5) is 8.78 Å². The highest BCUT2D eigenvalue weighted by Crippen LogP contribution is 2.14. The number of carbonyl (C=O) groups is 1. The van der Waals surface area contributed by atoms with Crippen LogP contribution in [0.5, 0.6) is 0 Å². The standard InChI is InChI=1S/C13H15F2N3O/c1-2-18-13(19)3-4-17-8-10-11(14)5-9(7-16)6-12(10)15/h5-6,17H,2-4,8H2,1H3,(H,18,19). The monoisotopic (exact) mass is 267 g/mol. The minimum atomic E-state index is -0.762. The number of amides is 1. The molecular formula is C13H15F2N3O. The molecule has 0 saturated heterocycles. The summed E-state index contributed by atoms with van der Waals surface area (Å²) in [6.45, 7) is 2.66. The Bertz CT molecular complexity index is 474. The second kappa shape index (κ2) is 7.44. The summed E-state index contributed by atoms with van der Waals surface area (Å²) in [5, 5.41) is 14.0. The lowest BCUT2D eigenvalue weighted by molar-refractivity contribution is -0.120. The van der Waals surface area contributed by atoms with Crippen LogP contribution in [0.25, 0.3) is 0 Å². The number of nitriles is 1. The van der Waals surface area contributed by atoms with Crippen LogP contribution in [0.1, 0.15) is 24.5 Å². The zero-order chi connectivity index (χ0) is 14.3. The molecule has 0 unspecified atom stereocenters. The number of halogens is 2. The summed E-state index contributed by atoms with van der Waals surface area (Å²) < 4.78 is 27.0. The van der Waals surface area contributed by atoms with Crippen molar-refractivity contribution in [3.8, 4) is 6.07 Å². The first-order valence-electron chi connectivity index (χ1n) is 5.94. The molecule has 0 heterocycles. The van der Waals surface area contributed by atoms with Gasteiger partial charge < -0.3 is 10.6 Å². The summed E-state index contributed by atoms with van der Waals surface area (Å²) in [5.74, 6) is -1.64. The first-order chi connectivity index (χ1) is 9.08. The first-order valence-corrected chi connectivity index (χ1v) is 5.94. The van der Waals surface area contributed by atoms with Crippen LogP contribution in [0.2, 0.25) is 0 Å². The number of nitrogens with one attached hydrogen (secondary N) is 2. The number of nitrogens with zero attached hydrogens (tertiary/aromatic N) is 1. The molecule has 0 aliphatic rings. The SMILES string of the molecule is CCNC(=O)CCNCc1c(F)cc(C#N)cc1F. The molecule has 1 amide bonds. The highest BCUT2D eigenvalue weighted by Gasteiger charge is 2.10. The Morgan fingerprint density at radius 1 is 1.37 bits per heavy atom. The van der Waals surface area contributed by atoms with Gasteiger partial charge in [-0.15, -0.1) is 0 Å². The van der Waals surface area contributed by atoms with E-state index in [0.29, 0.717) is 13.1 Å². The quantitative estimate of drug-likeness (QED) is 0.767. The van der Waals surface area contributed by atoms with Crippen molar-refractivity contribution in [3.05, 3.63) is 34.9 Å². The van der Waals surface area contributed by atoms with Crippen molar-refractivity contribution in [1.29, 1.82) is 5.26 Å². The topological polar surface area (TPSA) is 64.9 Å². The first kappa shape index (κ1) is 15.1. The van der Waals surface area contributed by atoms with Crippen molar-refractivity contribution in [2.45, 2.75) is 19.9 Å². The molecule has 102 valence electrons. The summed E-state index contributed by atoms with van der Waals surface area (Å²) >= 11 is 0. The number of rotatable bonds is 6. The number of benzene rings is 1. The van der Waals surface area contributed by atoms with Gasteiger partial charge in [0.1, 0.15) is 11.6 Å². The molecule has 19 heavy (non-hydrogen) atoms. The third kappa shape index (κ3) is 4.64. The zero-order valence-electron chi connectivity index (χ0n) is 10.6. The average molecular weight is 267 g/mol. The fourth-order valence-corrected chi connectivity index (χ4v) is 1.54. The van der Waals surface area contributed by atoms with Crippen molar-refractivity contribution in [1.82, 2.24) is 10.6 Å². The van der Waals surface area contributed by atoms with Crippen LogP contribution < -0.4 is 10.6 Å². The molecule has 0 aliphatic carbocycles. The van der Waals surface area contributed by atoms with Crippen molar-refractivity contribution >= 4 is 5.91 Å². The number of hydrogen-bond acceptors (Lipinski definition) is 3. The van der Waals surface area contributed by atoms with E-state index < -0.39 is 11.6 Å². The molecule has 0 saturated carbocycles. The minimum Gasteiger partial charge on any atom is -0.356 e. The summed E-state index contributed by atoms with van der Waals surface area (Å²) in [6, 6.07) is 3.66. The number of carbonyl (C=O) groups excluding carboxylic acids is 1. The third-order valence-electron chi connectivity index (χ3n) is 2.47. The Hall–Kier alpha value is -2.00. The summed E-state index contributed by atoms with van der Waals surface area (Å²) in [7, 11) is 0. The maximum atomic E-state index is 13.5. The Kier molecular flexibility index (Phi) is 5.90. The van der Waals surface area contributed by atoms with Crippen molar-refractivity contribution in [3.63, 3.8) is 0 Å². The molecule has 6 heteroatoms. The van der Waals surface area contributed by atoms with E-state index in [1.165, 1.54) is 0 Å². The molecule has 0 bridgehead atoms. The van der Waals surface area contributed by atoms with Crippen molar-refractivity contribution < 1.29 is 13.6 Å². The molecule has 4 nitrogen and oxygen atoms in total. The van der Waals surface area contributed by atoms with Gasteiger partial charge in [0.25, 0.3) is 0 Å². The van der Waals surface area contributed by atoms with Crippen LogP contribution in [-0.4, -0.2) is 19.0 Å². The van der Waals surface area contributed by atoms with Gasteiger partial charge in [-0.05, 0) is 19.1 Å². The van der Waals surface area contributed by atoms with Gasteiger partial charge >= 0.3 is 0 Å². The normalized spacial score (nSPS) is 10.0. The summed E-state index contributed by atoms with van der Waals surface area (Å²) in [6.07, 6.45) is 0.243. The summed E-state index contributed by atoms with van der Waals surface area (Å²) in [4.78, 5) is 11.1. The van der Waals surface area contributed by atoms with Gasteiger partial charge in [0.15, 0.2) is 0 Å². The lowest BCUT2D eigenvalue weighted by atomic mass is 10.1. The number of hydrogen-bond donors (Lipinski definition) is 2. The van der Waals surface area contributed by atoms with Gasteiger partial charge in [-0.3, -0.25) is 4.79 Å². The Morgan fingerprint density at radius 2 is 2.00 bits per heavy atom. The van der Waals surface area contributed by atoms with Gasteiger partial charge in [-0.25, -0.2) is 8.78 Å². The van der Waals surface area contributed by atoms with Gasteiger partial charge in [0.05, 0.1) is 11.6 Å². The van der Waals surface area contributed by atoms with E-state index in [0.717, 1.165) is 12.1 Å². The zero-order valence-corrected chi connectivity index (χ0v) is 10.6. The molecule has 1 rings (SSSR count). The Labute approximate surface area is 110 Å². The van der Waals surface area contributed by atoms with Gasteiger partial charge in [-0.1, -0.05) is 0 Å². The smallest absolute Gasteiger partial charge is 0.221 e. The molecular weight excluding hydrogens is 252 g/mol. The lowest BCUT2D eigenvalue weighted by Gasteiger charge is -2.07. The fraction of sp³-hybridized carbons (Fsp3) is 0.385. The van der Waals surface area contributed by atoms with Crippen LogP contribution in [-0.2, 0) is 11.3 Å². The molecule has 0 aliphatic heterocycles. The molecule has 1 aromatic carbocycles. The van der Waals surface area contributed by atoms with Gasteiger partial charge in [0, 0.05) is 31.6 Å². The largest absolute Gasteiger partial charge is 0.356 e. The van der Waals surface area contributed by atoms with Gasteiger partial charge in [0.2, 0.25) is 5.91 Å². The second-order valence-corrected chi connectivity index (χ2v) is 3.91. The van der Waals surface area contributed by atoms with Crippen LogP contribution in [0.15, 0.2) is 12.1 Å². The van der Waals surface area contributed by atoms with E-state index in [-0.39, 0.29) is 30.0 Å². The van der Waals surface area contributed by atoms with Crippen molar-refractivity contribution in [2.75, 3.05) is 13.1 Å². The van der Waals surface area contributed by atoms with Crippen molar-refractivity contribution in [2.24, 2.45) is 0 Å². The molecule has 0 spiro atoms. The molecule has 0 radical (unpaired) electrons.